The van der Waals surface area contributed by atoms with Crippen LogP contribution in [0, 0.1) is 0 Å². The molecule has 16 heavy (non-hydrogen) atoms. The summed E-state index contributed by atoms with van der Waals surface area (Å²) in [4.78, 5) is 0. The summed E-state index contributed by atoms with van der Waals surface area (Å²) in [7, 11) is 0. The van der Waals surface area contributed by atoms with Crippen molar-refractivity contribution >= 4 is 11.6 Å². The van der Waals surface area contributed by atoms with Gasteiger partial charge in [0.05, 0.1) is 0 Å². The third-order valence-electron chi connectivity index (χ3n) is 3.48. The first-order valence-corrected chi connectivity index (χ1v) is 6.43. The fourth-order valence-electron chi connectivity index (χ4n) is 2.38. The van der Waals surface area contributed by atoms with Gasteiger partial charge in [-0.25, -0.2) is 0 Å². The summed E-state index contributed by atoms with van der Waals surface area (Å²) in [5.41, 5.74) is 2.83. The van der Waals surface area contributed by atoms with Gasteiger partial charge in [-0.1, -0.05) is 17.7 Å². The van der Waals surface area contributed by atoms with E-state index in [1.54, 1.807) is 0 Å². The minimum atomic E-state index is 0.572. The van der Waals surface area contributed by atoms with Gasteiger partial charge in [-0.05, 0) is 36.1 Å². The normalized spacial score (nSPS) is 24.2. The van der Waals surface area contributed by atoms with Gasteiger partial charge >= 0.3 is 0 Å². The topological polar surface area (TPSA) is 24.1 Å². The van der Waals surface area contributed by atoms with Crippen LogP contribution in [-0.4, -0.2) is 19.1 Å². The number of halogens is 1. The summed E-state index contributed by atoms with van der Waals surface area (Å²) in [6.45, 7) is 3.12. The second-order valence-electron chi connectivity index (χ2n) is 4.85. The Labute approximate surface area is 101 Å². The molecular formula is C13H17ClN2. The van der Waals surface area contributed by atoms with Crippen LogP contribution in [0.5, 0.6) is 0 Å². The molecule has 1 fully saturated rings. The van der Waals surface area contributed by atoms with Crippen LogP contribution < -0.4 is 10.6 Å². The Morgan fingerprint density at radius 1 is 1.38 bits per heavy atom. The predicted octanol–water partition coefficient (Wildman–Crippen LogP) is 2.28. The van der Waals surface area contributed by atoms with Crippen LogP contribution in [0.3, 0.4) is 0 Å². The van der Waals surface area contributed by atoms with E-state index in [1.165, 1.54) is 24.0 Å². The van der Waals surface area contributed by atoms with Crippen LogP contribution in [0.2, 0.25) is 5.02 Å². The Bertz CT molecular complexity index is 388. The Hall–Kier alpha value is -0.570. The molecule has 0 radical (unpaired) electrons. The number of hydrogen-bond donors (Lipinski definition) is 2. The zero-order chi connectivity index (χ0) is 11.0. The lowest BCUT2D eigenvalue weighted by atomic mass is 9.91. The van der Waals surface area contributed by atoms with Crippen molar-refractivity contribution in [2.75, 3.05) is 13.1 Å². The highest BCUT2D eigenvalue weighted by atomic mass is 35.5. The molecule has 1 heterocycles. The highest BCUT2D eigenvalue weighted by molar-refractivity contribution is 6.30. The summed E-state index contributed by atoms with van der Waals surface area (Å²) in [5, 5.41) is 7.93. The van der Waals surface area contributed by atoms with Gasteiger partial charge in [0.2, 0.25) is 0 Å². The maximum absolute atomic E-state index is 6.08. The average molecular weight is 237 g/mol. The maximum atomic E-state index is 6.08. The van der Waals surface area contributed by atoms with Crippen molar-refractivity contribution in [3.8, 4) is 0 Å². The number of hydrogen-bond acceptors (Lipinski definition) is 2. The van der Waals surface area contributed by atoms with Crippen LogP contribution in [0.25, 0.3) is 0 Å². The SMILES string of the molecule is Clc1ccc2c(c1)C(CNC1CC1)CNC2. The van der Waals surface area contributed by atoms with Gasteiger partial charge in [-0.2, -0.15) is 0 Å². The zero-order valence-corrected chi connectivity index (χ0v) is 10.1. The summed E-state index contributed by atoms with van der Waals surface area (Å²) in [6, 6.07) is 7.05. The second kappa shape index (κ2) is 4.36. The summed E-state index contributed by atoms with van der Waals surface area (Å²) < 4.78 is 0. The third kappa shape index (κ3) is 2.24. The Morgan fingerprint density at radius 3 is 3.06 bits per heavy atom. The number of nitrogens with one attached hydrogen (secondary N) is 2. The monoisotopic (exact) mass is 236 g/mol. The van der Waals surface area contributed by atoms with E-state index in [-0.39, 0.29) is 0 Å². The molecule has 86 valence electrons. The Morgan fingerprint density at radius 2 is 2.25 bits per heavy atom. The van der Waals surface area contributed by atoms with E-state index in [9.17, 15) is 0 Å². The van der Waals surface area contributed by atoms with E-state index in [4.69, 9.17) is 11.6 Å². The lowest BCUT2D eigenvalue weighted by molar-refractivity contribution is 0.502. The van der Waals surface area contributed by atoms with Crippen molar-refractivity contribution in [3.63, 3.8) is 0 Å². The van der Waals surface area contributed by atoms with Gasteiger partial charge < -0.3 is 10.6 Å². The van der Waals surface area contributed by atoms with Gasteiger partial charge in [-0.3, -0.25) is 0 Å². The molecule has 0 aromatic heterocycles. The molecule has 3 heteroatoms. The van der Waals surface area contributed by atoms with Gasteiger partial charge in [0.15, 0.2) is 0 Å². The molecule has 0 spiro atoms. The first kappa shape index (κ1) is 10.6. The molecule has 2 aliphatic rings. The number of benzene rings is 1. The van der Waals surface area contributed by atoms with E-state index in [0.29, 0.717) is 5.92 Å². The van der Waals surface area contributed by atoms with Crippen molar-refractivity contribution in [3.05, 3.63) is 34.3 Å². The second-order valence-corrected chi connectivity index (χ2v) is 5.29. The highest BCUT2D eigenvalue weighted by Gasteiger charge is 2.24. The highest BCUT2D eigenvalue weighted by Crippen LogP contribution is 2.27. The molecule has 2 N–H and O–H groups in total. The molecule has 0 amide bonds. The van der Waals surface area contributed by atoms with Crippen molar-refractivity contribution < 1.29 is 0 Å². The minimum absolute atomic E-state index is 0.572. The van der Waals surface area contributed by atoms with Crippen LogP contribution in [0.4, 0.5) is 0 Å². The van der Waals surface area contributed by atoms with E-state index < -0.39 is 0 Å². The molecule has 0 bridgehead atoms. The van der Waals surface area contributed by atoms with E-state index in [2.05, 4.69) is 22.8 Å². The van der Waals surface area contributed by atoms with Crippen LogP contribution >= 0.6 is 11.6 Å². The van der Waals surface area contributed by atoms with Crippen LogP contribution in [0.15, 0.2) is 18.2 Å². The van der Waals surface area contributed by atoms with E-state index >= 15 is 0 Å². The molecule has 1 aliphatic heterocycles. The van der Waals surface area contributed by atoms with Crippen LogP contribution in [-0.2, 0) is 6.54 Å². The van der Waals surface area contributed by atoms with Gasteiger partial charge in [0.25, 0.3) is 0 Å². The molecule has 1 aliphatic carbocycles. The van der Waals surface area contributed by atoms with Gasteiger partial charge in [0, 0.05) is 36.6 Å². The molecule has 1 atom stereocenters. The van der Waals surface area contributed by atoms with Gasteiger partial charge in [-0.15, -0.1) is 0 Å². The van der Waals surface area contributed by atoms with Crippen molar-refractivity contribution in [1.82, 2.24) is 10.6 Å². The molecular weight excluding hydrogens is 220 g/mol. The molecule has 0 saturated heterocycles. The lowest BCUT2D eigenvalue weighted by Crippen LogP contribution is -2.35. The average Bonchev–Trinajstić information content (AvgIpc) is 3.10. The molecule has 1 aromatic carbocycles. The largest absolute Gasteiger partial charge is 0.313 e. The van der Waals surface area contributed by atoms with Crippen molar-refractivity contribution in [1.29, 1.82) is 0 Å². The predicted molar refractivity (Wildman–Crippen MR) is 66.9 cm³/mol. The Balaban J connectivity index is 1.77. The van der Waals surface area contributed by atoms with Crippen molar-refractivity contribution in [2.45, 2.75) is 31.3 Å². The Kier molecular flexibility index (Phi) is 2.88. The minimum Gasteiger partial charge on any atom is -0.313 e. The zero-order valence-electron chi connectivity index (χ0n) is 9.30. The first-order chi connectivity index (χ1) is 7.83. The van der Waals surface area contributed by atoms with Crippen molar-refractivity contribution in [2.24, 2.45) is 0 Å². The number of fused-ring (bicyclic) bond motifs is 1. The molecule has 1 saturated carbocycles. The molecule has 1 aromatic rings. The summed E-state index contributed by atoms with van der Waals surface area (Å²) in [6.07, 6.45) is 2.70. The maximum Gasteiger partial charge on any atom is 0.0409 e. The third-order valence-corrected chi connectivity index (χ3v) is 3.72. The smallest absolute Gasteiger partial charge is 0.0409 e. The molecule has 1 unspecified atom stereocenters. The van der Waals surface area contributed by atoms with E-state index in [1.807, 2.05) is 6.07 Å². The number of rotatable bonds is 3. The fourth-order valence-corrected chi connectivity index (χ4v) is 2.56. The summed E-state index contributed by atoms with van der Waals surface area (Å²) >= 11 is 6.08. The summed E-state index contributed by atoms with van der Waals surface area (Å²) in [5.74, 6) is 0.572. The standard InChI is InChI=1S/C13H17ClN2/c14-11-2-1-9-6-15-7-10(13(9)5-11)8-16-12-3-4-12/h1-2,5,10,12,15-16H,3-4,6-8H2. The first-order valence-electron chi connectivity index (χ1n) is 6.05. The van der Waals surface area contributed by atoms with Crippen LogP contribution in [0.1, 0.15) is 29.9 Å². The lowest BCUT2D eigenvalue weighted by Gasteiger charge is -2.27. The quantitative estimate of drug-likeness (QED) is 0.842. The van der Waals surface area contributed by atoms with E-state index in [0.717, 1.165) is 30.7 Å². The van der Waals surface area contributed by atoms with Gasteiger partial charge in [0.1, 0.15) is 0 Å². The molecule has 3 rings (SSSR count). The fraction of sp³-hybridized carbons (Fsp3) is 0.538. The molecule has 2 nitrogen and oxygen atoms in total.